The Kier molecular flexibility index (Phi) is 5.85. The summed E-state index contributed by atoms with van der Waals surface area (Å²) in [6.45, 7) is 0.880. The van der Waals surface area contributed by atoms with Gasteiger partial charge in [-0.1, -0.05) is 19.3 Å². The SMILES string of the molecule is CN(C(=O)C1CCN(S(=O)(=O)N(C)C)CC1)C1CCCCC1. The first-order valence-electron chi connectivity index (χ1n) is 8.28. The summed E-state index contributed by atoms with van der Waals surface area (Å²) in [5, 5.41) is 0. The van der Waals surface area contributed by atoms with Crippen molar-refractivity contribution in [2.75, 3.05) is 34.2 Å². The zero-order valence-electron chi connectivity index (χ0n) is 14.0. The van der Waals surface area contributed by atoms with Crippen LogP contribution in [0, 0.1) is 5.92 Å². The molecule has 1 heterocycles. The van der Waals surface area contributed by atoms with Crippen molar-refractivity contribution in [1.29, 1.82) is 0 Å². The lowest BCUT2D eigenvalue weighted by Gasteiger charge is -2.37. The summed E-state index contributed by atoms with van der Waals surface area (Å²) in [6, 6.07) is 0.379. The normalized spacial score (nSPS) is 22.9. The molecule has 2 aliphatic rings. The molecule has 128 valence electrons. The zero-order valence-corrected chi connectivity index (χ0v) is 14.8. The minimum absolute atomic E-state index is 0.0273. The smallest absolute Gasteiger partial charge is 0.281 e. The van der Waals surface area contributed by atoms with E-state index in [0.29, 0.717) is 32.0 Å². The maximum Gasteiger partial charge on any atom is 0.281 e. The third-order valence-electron chi connectivity index (χ3n) is 5.06. The molecule has 1 aliphatic carbocycles. The van der Waals surface area contributed by atoms with Crippen LogP contribution in [-0.4, -0.2) is 68.1 Å². The molecule has 1 amide bonds. The van der Waals surface area contributed by atoms with E-state index in [1.807, 2.05) is 11.9 Å². The van der Waals surface area contributed by atoms with Crippen LogP contribution in [0.5, 0.6) is 0 Å². The summed E-state index contributed by atoms with van der Waals surface area (Å²) < 4.78 is 26.9. The van der Waals surface area contributed by atoms with Crippen molar-refractivity contribution in [3.05, 3.63) is 0 Å². The fourth-order valence-electron chi connectivity index (χ4n) is 3.50. The Morgan fingerprint density at radius 3 is 2.00 bits per heavy atom. The minimum atomic E-state index is -3.35. The van der Waals surface area contributed by atoms with Crippen molar-refractivity contribution < 1.29 is 13.2 Å². The molecule has 2 fully saturated rings. The molecular weight excluding hydrogens is 302 g/mol. The average molecular weight is 331 g/mol. The van der Waals surface area contributed by atoms with E-state index in [9.17, 15) is 13.2 Å². The number of carbonyl (C=O) groups is 1. The Hall–Kier alpha value is -0.660. The summed E-state index contributed by atoms with van der Waals surface area (Å²) in [4.78, 5) is 14.6. The fourth-order valence-corrected chi connectivity index (χ4v) is 4.63. The van der Waals surface area contributed by atoms with Crippen LogP contribution in [0.4, 0.5) is 0 Å². The standard InChI is InChI=1S/C15H29N3O3S/c1-16(2)22(20,21)18-11-9-13(10-12-18)15(19)17(3)14-7-5-4-6-8-14/h13-14H,4-12H2,1-3H3. The van der Waals surface area contributed by atoms with Crippen LogP contribution in [0.2, 0.25) is 0 Å². The van der Waals surface area contributed by atoms with E-state index in [1.54, 1.807) is 14.1 Å². The minimum Gasteiger partial charge on any atom is -0.343 e. The fraction of sp³-hybridized carbons (Fsp3) is 0.933. The summed E-state index contributed by atoms with van der Waals surface area (Å²) >= 11 is 0. The lowest BCUT2D eigenvalue weighted by Crippen LogP contribution is -2.48. The maximum absolute atomic E-state index is 12.6. The van der Waals surface area contributed by atoms with Gasteiger partial charge in [0, 0.05) is 46.2 Å². The third-order valence-corrected chi connectivity index (χ3v) is 7.00. The van der Waals surface area contributed by atoms with E-state index in [0.717, 1.165) is 12.8 Å². The molecule has 0 aromatic rings. The Morgan fingerprint density at radius 2 is 1.50 bits per heavy atom. The molecule has 6 nitrogen and oxygen atoms in total. The molecule has 0 radical (unpaired) electrons. The van der Waals surface area contributed by atoms with Crippen molar-refractivity contribution in [2.45, 2.75) is 51.0 Å². The van der Waals surface area contributed by atoms with Crippen LogP contribution < -0.4 is 0 Å². The first kappa shape index (κ1) is 17.7. The number of nitrogens with zero attached hydrogens (tertiary/aromatic N) is 3. The van der Waals surface area contributed by atoms with Gasteiger partial charge in [0.05, 0.1) is 0 Å². The average Bonchev–Trinajstić information content (AvgIpc) is 2.54. The van der Waals surface area contributed by atoms with Gasteiger partial charge in [-0.15, -0.1) is 0 Å². The highest BCUT2D eigenvalue weighted by atomic mass is 32.2. The Morgan fingerprint density at radius 1 is 0.955 bits per heavy atom. The number of rotatable bonds is 4. The summed E-state index contributed by atoms with van der Waals surface area (Å²) in [5.41, 5.74) is 0. The van der Waals surface area contributed by atoms with E-state index >= 15 is 0 Å². The predicted molar refractivity (Wildman–Crippen MR) is 86.5 cm³/mol. The highest BCUT2D eigenvalue weighted by Gasteiger charge is 2.34. The van der Waals surface area contributed by atoms with Crippen molar-refractivity contribution >= 4 is 16.1 Å². The van der Waals surface area contributed by atoms with Gasteiger partial charge in [-0.25, -0.2) is 0 Å². The molecule has 0 N–H and O–H groups in total. The highest BCUT2D eigenvalue weighted by Crippen LogP contribution is 2.26. The van der Waals surface area contributed by atoms with Gasteiger partial charge in [-0.2, -0.15) is 17.0 Å². The molecule has 0 aromatic carbocycles. The summed E-state index contributed by atoms with van der Waals surface area (Å²) in [5.74, 6) is 0.175. The monoisotopic (exact) mass is 331 g/mol. The van der Waals surface area contributed by atoms with Crippen LogP contribution in [0.1, 0.15) is 44.9 Å². The molecule has 0 bridgehead atoms. The Balaban J connectivity index is 1.89. The van der Waals surface area contributed by atoms with Crippen molar-refractivity contribution in [3.63, 3.8) is 0 Å². The zero-order chi connectivity index (χ0) is 16.3. The summed E-state index contributed by atoms with van der Waals surface area (Å²) in [6.07, 6.45) is 7.17. The van der Waals surface area contributed by atoms with E-state index in [-0.39, 0.29) is 11.8 Å². The first-order valence-corrected chi connectivity index (χ1v) is 9.68. The lowest BCUT2D eigenvalue weighted by molar-refractivity contribution is -0.138. The number of hydrogen-bond acceptors (Lipinski definition) is 3. The molecule has 2 rings (SSSR count). The van der Waals surface area contributed by atoms with Crippen LogP contribution in [-0.2, 0) is 15.0 Å². The number of amides is 1. The van der Waals surface area contributed by atoms with Crippen molar-refractivity contribution in [1.82, 2.24) is 13.5 Å². The van der Waals surface area contributed by atoms with Crippen LogP contribution in [0.3, 0.4) is 0 Å². The molecule has 0 aromatic heterocycles. The predicted octanol–water partition coefficient (Wildman–Crippen LogP) is 1.30. The second-order valence-electron chi connectivity index (χ2n) is 6.70. The van der Waals surface area contributed by atoms with Gasteiger partial charge in [0.2, 0.25) is 5.91 Å². The molecule has 22 heavy (non-hydrogen) atoms. The Labute approximate surface area is 134 Å². The molecule has 0 unspecified atom stereocenters. The maximum atomic E-state index is 12.6. The van der Waals surface area contributed by atoms with Gasteiger partial charge in [-0.05, 0) is 25.7 Å². The van der Waals surface area contributed by atoms with E-state index < -0.39 is 10.2 Å². The Bertz CT molecular complexity index is 478. The van der Waals surface area contributed by atoms with E-state index in [4.69, 9.17) is 0 Å². The third kappa shape index (κ3) is 3.81. The van der Waals surface area contributed by atoms with Gasteiger partial charge >= 0.3 is 0 Å². The van der Waals surface area contributed by atoms with Gasteiger partial charge < -0.3 is 4.90 Å². The second-order valence-corrected chi connectivity index (χ2v) is 8.85. The van der Waals surface area contributed by atoms with Crippen LogP contribution in [0.25, 0.3) is 0 Å². The highest BCUT2D eigenvalue weighted by molar-refractivity contribution is 7.86. The van der Waals surface area contributed by atoms with Crippen molar-refractivity contribution in [2.24, 2.45) is 5.92 Å². The molecule has 0 atom stereocenters. The van der Waals surface area contributed by atoms with E-state index in [1.165, 1.54) is 27.9 Å². The van der Waals surface area contributed by atoms with Crippen LogP contribution >= 0.6 is 0 Å². The largest absolute Gasteiger partial charge is 0.343 e. The topological polar surface area (TPSA) is 60.9 Å². The molecule has 1 saturated carbocycles. The van der Waals surface area contributed by atoms with E-state index in [2.05, 4.69) is 0 Å². The lowest BCUT2D eigenvalue weighted by atomic mass is 9.91. The number of hydrogen-bond donors (Lipinski definition) is 0. The van der Waals surface area contributed by atoms with Gasteiger partial charge in [-0.3, -0.25) is 4.79 Å². The second kappa shape index (κ2) is 7.27. The van der Waals surface area contributed by atoms with Crippen LogP contribution in [0.15, 0.2) is 0 Å². The number of carbonyl (C=O) groups excluding carboxylic acids is 1. The first-order chi connectivity index (χ1) is 10.3. The number of piperidine rings is 1. The van der Waals surface area contributed by atoms with Gasteiger partial charge in [0.15, 0.2) is 0 Å². The molecule has 1 aliphatic heterocycles. The van der Waals surface area contributed by atoms with Crippen molar-refractivity contribution in [3.8, 4) is 0 Å². The summed E-state index contributed by atoms with van der Waals surface area (Å²) in [7, 11) is 1.66. The van der Waals surface area contributed by atoms with Gasteiger partial charge in [0.1, 0.15) is 0 Å². The molecular formula is C15H29N3O3S. The molecule has 7 heteroatoms. The molecule has 0 spiro atoms. The van der Waals surface area contributed by atoms with Gasteiger partial charge in [0.25, 0.3) is 10.2 Å². The quantitative estimate of drug-likeness (QED) is 0.780. The molecule has 1 saturated heterocycles.